The Morgan fingerprint density at radius 1 is 1.33 bits per heavy atom. The first-order valence-electron chi connectivity index (χ1n) is 6.61. The molecule has 1 aromatic rings. The summed E-state index contributed by atoms with van der Waals surface area (Å²) in [5.41, 5.74) is 3.26. The van der Waals surface area contributed by atoms with Crippen LogP contribution in [0, 0.1) is 0 Å². The first kappa shape index (κ1) is 15.2. The second-order valence-corrected chi connectivity index (χ2v) is 4.89. The molecule has 116 valence electrons. The molecule has 2 heterocycles. The van der Waals surface area contributed by atoms with E-state index in [-0.39, 0.29) is 19.1 Å². The number of amides is 2. The second kappa shape index (κ2) is 6.99. The van der Waals surface area contributed by atoms with E-state index in [2.05, 4.69) is 26.0 Å². The first-order chi connectivity index (χ1) is 10.0. The minimum absolute atomic E-state index is 0.194. The van der Waals surface area contributed by atoms with Gasteiger partial charge in [-0.25, -0.2) is 14.5 Å². The fourth-order valence-electron chi connectivity index (χ4n) is 1.91. The van der Waals surface area contributed by atoms with Gasteiger partial charge in [-0.05, 0) is 7.05 Å². The topological polar surface area (TPSA) is 116 Å². The highest BCUT2D eigenvalue weighted by atomic mass is 16.4. The number of hydrogen-bond donors (Lipinski definition) is 3. The summed E-state index contributed by atoms with van der Waals surface area (Å²) in [6.45, 7) is 3.31. The van der Waals surface area contributed by atoms with Gasteiger partial charge in [0.15, 0.2) is 0 Å². The summed E-state index contributed by atoms with van der Waals surface area (Å²) in [5.74, 6) is -0.993. The fourth-order valence-corrected chi connectivity index (χ4v) is 1.91. The fraction of sp³-hybridized carbons (Fsp3) is 0.636. The standard InChI is InChI=1S/C11H19N7O3/c1-16-2-4-17(5-3-16)14-11(21)12-6-9-7-18(15-13-9)8-10(19)20/h7H,2-6,8H2,1H3,(H,19,20)(H2,12,14,21). The van der Waals surface area contributed by atoms with E-state index in [1.165, 1.54) is 10.9 Å². The molecule has 2 amide bonds. The molecule has 0 unspecified atom stereocenters. The summed E-state index contributed by atoms with van der Waals surface area (Å²) in [7, 11) is 2.04. The average molecular weight is 297 g/mol. The number of carbonyl (C=O) groups excluding carboxylic acids is 1. The van der Waals surface area contributed by atoms with Gasteiger partial charge in [-0.15, -0.1) is 5.10 Å². The summed E-state index contributed by atoms with van der Waals surface area (Å²) >= 11 is 0. The van der Waals surface area contributed by atoms with Gasteiger partial charge < -0.3 is 15.3 Å². The van der Waals surface area contributed by atoms with E-state index < -0.39 is 5.97 Å². The Morgan fingerprint density at radius 2 is 2.05 bits per heavy atom. The molecule has 0 spiro atoms. The van der Waals surface area contributed by atoms with Crippen LogP contribution >= 0.6 is 0 Å². The number of carboxylic acids is 1. The molecule has 2 rings (SSSR count). The number of carbonyl (C=O) groups is 2. The summed E-state index contributed by atoms with van der Waals surface area (Å²) in [5, 5.41) is 20.6. The highest BCUT2D eigenvalue weighted by molar-refractivity contribution is 5.73. The second-order valence-electron chi connectivity index (χ2n) is 4.89. The number of piperazine rings is 1. The molecular formula is C11H19N7O3. The maximum Gasteiger partial charge on any atom is 0.329 e. The Hall–Kier alpha value is -2.20. The Labute approximate surface area is 121 Å². The molecule has 21 heavy (non-hydrogen) atoms. The van der Waals surface area contributed by atoms with Crippen molar-refractivity contribution < 1.29 is 14.7 Å². The van der Waals surface area contributed by atoms with Gasteiger partial charge in [0.25, 0.3) is 0 Å². The van der Waals surface area contributed by atoms with Crippen molar-refractivity contribution in [3.05, 3.63) is 11.9 Å². The Bertz CT molecular complexity index is 496. The number of hydrazine groups is 1. The zero-order valence-electron chi connectivity index (χ0n) is 11.8. The van der Waals surface area contributed by atoms with Gasteiger partial charge in [0.05, 0.1) is 12.7 Å². The van der Waals surface area contributed by atoms with E-state index in [1.54, 1.807) is 0 Å². The molecule has 10 heteroatoms. The number of rotatable bonds is 5. The number of nitrogens with zero attached hydrogens (tertiary/aromatic N) is 5. The van der Waals surface area contributed by atoms with E-state index in [9.17, 15) is 9.59 Å². The van der Waals surface area contributed by atoms with Crippen molar-refractivity contribution in [2.75, 3.05) is 33.2 Å². The Morgan fingerprint density at radius 3 is 2.71 bits per heavy atom. The van der Waals surface area contributed by atoms with Crippen molar-refractivity contribution in [1.82, 2.24) is 35.6 Å². The van der Waals surface area contributed by atoms with Gasteiger partial charge >= 0.3 is 12.0 Å². The molecule has 1 fully saturated rings. The lowest BCUT2D eigenvalue weighted by Crippen LogP contribution is -2.54. The lowest BCUT2D eigenvalue weighted by Gasteiger charge is -2.32. The van der Waals surface area contributed by atoms with Crippen LogP contribution in [0.5, 0.6) is 0 Å². The van der Waals surface area contributed by atoms with Crippen LogP contribution in [0.2, 0.25) is 0 Å². The third-order valence-electron chi connectivity index (χ3n) is 3.08. The Balaban J connectivity index is 1.71. The quantitative estimate of drug-likeness (QED) is 0.594. The maximum absolute atomic E-state index is 11.7. The number of nitrogens with one attached hydrogen (secondary N) is 2. The summed E-state index contributed by atoms with van der Waals surface area (Å²) in [6.07, 6.45) is 1.49. The van der Waals surface area contributed by atoms with Crippen molar-refractivity contribution in [3.8, 4) is 0 Å². The Kier molecular flexibility index (Phi) is 5.06. The SMILES string of the molecule is CN1CCN(NC(=O)NCc2cn(CC(=O)O)nn2)CC1. The molecule has 1 aromatic heterocycles. The number of hydrogen-bond acceptors (Lipinski definition) is 6. The predicted octanol–water partition coefficient (Wildman–Crippen LogP) is -1.68. The van der Waals surface area contributed by atoms with Crippen molar-refractivity contribution >= 4 is 12.0 Å². The summed E-state index contributed by atoms with van der Waals surface area (Å²) < 4.78 is 1.21. The molecule has 0 aromatic carbocycles. The van der Waals surface area contributed by atoms with Crippen molar-refractivity contribution in [2.24, 2.45) is 0 Å². The molecule has 1 aliphatic heterocycles. The lowest BCUT2D eigenvalue weighted by molar-refractivity contribution is -0.137. The highest BCUT2D eigenvalue weighted by Crippen LogP contribution is 1.96. The molecule has 0 saturated carbocycles. The van der Waals surface area contributed by atoms with Crippen LogP contribution in [0.4, 0.5) is 4.79 Å². The van der Waals surface area contributed by atoms with Crippen LogP contribution in [-0.2, 0) is 17.9 Å². The van der Waals surface area contributed by atoms with Gasteiger partial charge in [0.1, 0.15) is 12.2 Å². The largest absolute Gasteiger partial charge is 0.480 e. The molecule has 1 aliphatic rings. The van der Waals surface area contributed by atoms with E-state index in [1.807, 2.05) is 12.1 Å². The van der Waals surface area contributed by atoms with E-state index in [0.717, 1.165) is 26.2 Å². The van der Waals surface area contributed by atoms with Crippen LogP contribution in [0.3, 0.4) is 0 Å². The number of urea groups is 1. The zero-order chi connectivity index (χ0) is 15.2. The van der Waals surface area contributed by atoms with Crippen LogP contribution in [0.25, 0.3) is 0 Å². The summed E-state index contributed by atoms with van der Waals surface area (Å²) in [6, 6.07) is -0.313. The zero-order valence-corrected chi connectivity index (χ0v) is 11.8. The summed E-state index contributed by atoms with van der Waals surface area (Å²) in [4.78, 5) is 24.4. The van der Waals surface area contributed by atoms with E-state index in [4.69, 9.17) is 5.11 Å². The number of likely N-dealkylation sites (N-methyl/N-ethyl adjacent to an activating group) is 1. The van der Waals surface area contributed by atoms with Gasteiger partial charge in [-0.3, -0.25) is 10.2 Å². The van der Waals surface area contributed by atoms with Crippen molar-refractivity contribution in [3.63, 3.8) is 0 Å². The normalized spacial score (nSPS) is 16.6. The molecule has 1 saturated heterocycles. The molecule has 0 aliphatic carbocycles. The number of carboxylic acid groups (broad SMARTS) is 1. The third kappa shape index (κ3) is 5.00. The molecule has 10 nitrogen and oxygen atoms in total. The van der Waals surface area contributed by atoms with E-state index in [0.29, 0.717) is 5.69 Å². The smallest absolute Gasteiger partial charge is 0.329 e. The van der Waals surface area contributed by atoms with Crippen molar-refractivity contribution in [2.45, 2.75) is 13.1 Å². The third-order valence-corrected chi connectivity index (χ3v) is 3.08. The van der Waals surface area contributed by atoms with Crippen LogP contribution in [-0.4, -0.2) is 75.2 Å². The average Bonchev–Trinajstić information content (AvgIpc) is 2.86. The predicted molar refractivity (Wildman–Crippen MR) is 72.1 cm³/mol. The molecular weight excluding hydrogens is 278 g/mol. The minimum Gasteiger partial charge on any atom is -0.480 e. The maximum atomic E-state index is 11.7. The number of aliphatic carboxylic acids is 1. The van der Waals surface area contributed by atoms with Gasteiger partial charge in [0.2, 0.25) is 0 Å². The van der Waals surface area contributed by atoms with Crippen LogP contribution < -0.4 is 10.7 Å². The van der Waals surface area contributed by atoms with Crippen LogP contribution in [0.15, 0.2) is 6.20 Å². The van der Waals surface area contributed by atoms with Crippen molar-refractivity contribution in [1.29, 1.82) is 0 Å². The van der Waals surface area contributed by atoms with Gasteiger partial charge in [-0.1, -0.05) is 5.21 Å². The van der Waals surface area contributed by atoms with Gasteiger partial charge in [0, 0.05) is 26.2 Å². The number of aromatic nitrogens is 3. The monoisotopic (exact) mass is 297 g/mol. The van der Waals surface area contributed by atoms with Gasteiger partial charge in [-0.2, -0.15) is 0 Å². The molecule has 3 N–H and O–H groups in total. The highest BCUT2D eigenvalue weighted by Gasteiger charge is 2.15. The molecule has 0 atom stereocenters. The first-order valence-corrected chi connectivity index (χ1v) is 6.61. The molecule has 0 bridgehead atoms. The lowest BCUT2D eigenvalue weighted by atomic mass is 10.4. The van der Waals surface area contributed by atoms with E-state index >= 15 is 0 Å². The van der Waals surface area contributed by atoms with Crippen LogP contribution in [0.1, 0.15) is 5.69 Å². The minimum atomic E-state index is -0.993. The molecule has 0 radical (unpaired) electrons.